The quantitative estimate of drug-likeness (QED) is 0.613. The van der Waals surface area contributed by atoms with Gasteiger partial charge in [0.1, 0.15) is 23.1 Å². The molecule has 0 atom stereocenters. The zero-order chi connectivity index (χ0) is 18.1. The molecule has 0 saturated heterocycles. The largest absolute Gasteiger partial charge is 0.493 e. The number of hydrogen-bond donors (Lipinski definition) is 3. The summed E-state index contributed by atoms with van der Waals surface area (Å²) in [4.78, 5) is 21.8. The fraction of sp³-hybridized carbons (Fsp3) is 0.125. The van der Waals surface area contributed by atoms with Gasteiger partial charge in [-0.2, -0.15) is 5.26 Å². The van der Waals surface area contributed by atoms with Crippen LogP contribution in [0.4, 0.5) is 5.82 Å². The van der Waals surface area contributed by atoms with Crippen molar-refractivity contribution in [1.29, 1.82) is 5.26 Å². The lowest BCUT2D eigenvalue weighted by atomic mass is 9.97. The van der Waals surface area contributed by atoms with E-state index in [2.05, 4.69) is 15.0 Å². The summed E-state index contributed by atoms with van der Waals surface area (Å²) in [5.41, 5.74) is 6.64. The number of aromatic nitrogens is 3. The van der Waals surface area contributed by atoms with E-state index in [4.69, 9.17) is 27.4 Å². The number of pyridine rings is 1. The van der Waals surface area contributed by atoms with Crippen molar-refractivity contribution < 1.29 is 9.47 Å². The number of nitrogens with zero attached hydrogens (tertiary/aromatic N) is 2. The van der Waals surface area contributed by atoms with Crippen LogP contribution in [-0.2, 0) is 0 Å². The van der Waals surface area contributed by atoms with Gasteiger partial charge >= 0.3 is 0 Å². The maximum atomic E-state index is 12.5. The summed E-state index contributed by atoms with van der Waals surface area (Å²) >= 11 is 4.97. The van der Waals surface area contributed by atoms with Crippen LogP contribution in [0.25, 0.3) is 22.2 Å². The number of nitrogens with one attached hydrogen (secondary N) is 2. The Balaban J connectivity index is 2.49. The van der Waals surface area contributed by atoms with Crippen LogP contribution in [0, 0.1) is 16.1 Å². The Kier molecular flexibility index (Phi) is 4.12. The van der Waals surface area contributed by atoms with Crippen LogP contribution in [0.5, 0.6) is 11.5 Å². The first kappa shape index (κ1) is 16.5. The molecule has 0 saturated carbocycles. The number of hydrogen-bond acceptors (Lipinski definition) is 7. The molecule has 0 aliphatic rings. The Morgan fingerprint density at radius 2 is 1.96 bits per heavy atom. The van der Waals surface area contributed by atoms with Gasteiger partial charge in [0.2, 0.25) is 0 Å². The molecule has 0 bridgehead atoms. The zero-order valence-corrected chi connectivity index (χ0v) is 14.2. The number of nitrogens with two attached hydrogens (primary N) is 1. The Labute approximate surface area is 146 Å². The number of ether oxygens (including phenoxy) is 2. The van der Waals surface area contributed by atoms with E-state index in [0.717, 1.165) is 0 Å². The summed E-state index contributed by atoms with van der Waals surface area (Å²) in [6.45, 7) is 0. The molecule has 1 aromatic carbocycles. The highest BCUT2D eigenvalue weighted by atomic mass is 32.1. The molecule has 0 radical (unpaired) electrons. The van der Waals surface area contributed by atoms with Crippen molar-refractivity contribution in [3.63, 3.8) is 0 Å². The van der Waals surface area contributed by atoms with Gasteiger partial charge in [0, 0.05) is 5.56 Å². The van der Waals surface area contributed by atoms with Crippen molar-refractivity contribution in [3.8, 4) is 28.7 Å². The highest BCUT2D eigenvalue weighted by Crippen LogP contribution is 2.36. The van der Waals surface area contributed by atoms with Gasteiger partial charge in [-0.25, -0.2) is 4.98 Å². The van der Waals surface area contributed by atoms with Crippen molar-refractivity contribution in [3.05, 3.63) is 38.9 Å². The molecule has 3 aromatic rings. The number of H-pyrrole nitrogens is 2. The van der Waals surface area contributed by atoms with E-state index in [1.165, 1.54) is 14.2 Å². The third kappa shape index (κ3) is 2.68. The van der Waals surface area contributed by atoms with E-state index >= 15 is 0 Å². The molecule has 9 heteroatoms. The topological polar surface area (TPSA) is 130 Å². The van der Waals surface area contributed by atoms with Crippen molar-refractivity contribution in [1.82, 2.24) is 15.0 Å². The van der Waals surface area contributed by atoms with Gasteiger partial charge in [-0.05, 0) is 29.9 Å². The second kappa shape index (κ2) is 6.26. The molecular formula is C16H13N5O3S. The highest BCUT2D eigenvalue weighted by molar-refractivity contribution is 7.71. The lowest BCUT2D eigenvalue weighted by Crippen LogP contribution is -2.12. The minimum Gasteiger partial charge on any atom is -0.493 e. The molecule has 25 heavy (non-hydrogen) atoms. The number of nitrogen functional groups attached to an aromatic ring is 1. The number of anilines is 1. The molecule has 8 nitrogen and oxygen atoms in total. The number of aromatic amines is 2. The van der Waals surface area contributed by atoms with Gasteiger partial charge in [0.15, 0.2) is 16.3 Å². The summed E-state index contributed by atoms with van der Waals surface area (Å²) in [5, 5.41) is 9.71. The summed E-state index contributed by atoms with van der Waals surface area (Å²) in [7, 11) is 3.01. The molecule has 3 rings (SSSR count). The summed E-state index contributed by atoms with van der Waals surface area (Å²) in [6.07, 6.45) is 0. The molecule has 0 aliphatic carbocycles. The fourth-order valence-corrected chi connectivity index (χ4v) is 2.80. The molecule has 2 heterocycles. The minimum atomic E-state index is -0.465. The number of nitriles is 1. The van der Waals surface area contributed by atoms with Gasteiger partial charge in [-0.3, -0.25) is 9.78 Å². The summed E-state index contributed by atoms with van der Waals surface area (Å²) in [5.74, 6) is 0.966. The summed E-state index contributed by atoms with van der Waals surface area (Å²) < 4.78 is 10.6. The van der Waals surface area contributed by atoms with E-state index in [1.54, 1.807) is 18.2 Å². The molecule has 0 fully saturated rings. The Morgan fingerprint density at radius 1 is 1.24 bits per heavy atom. The van der Waals surface area contributed by atoms with Crippen LogP contribution >= 0.6 is 12.2 Å². The zero-order valence-electron chi connectivity index (χ0n) is 13.3. The van der Waals surface area contributed by atoms with Crippen molar-refractivity contribution in [2.45, 2.75) is 0 Å². The van der Waals surface area contributed by atoms with Crippen LogP contribution in [0.15, 0.2) is 23.0 Å². The van der Waals surface area contributed by atoms with Crippen molar-refractivity contribution in [2.24, 2.45) is 0 Å². The van der Waals surface area contributed by atoms with E-state index in [-0.39, 0.29) is 27.2 Å². The standard InChI is InChI=1S/C16H13N5O3S/c1-23-9-4-3-7(5-10(9)24-2)11-8(6-17)13(18)19-14-12(11)15(22)21-16(25)20-14/h3-5H,1-2H3,(H4,18,19,20,21,22,25). The van der Waals surface area contributed by atoms with Gasteiger partial charge in [0.05, 0.1) is 19.6 Å². The first-order valence-electron chi connectivity index (χ1n) is 7.08. The molecule has 2 aromatic heterocycles. The van der Waals surface area contributed by atoms with E-state index in [9.17, 15) is 10.1 Å². The number of benzene rings is 1. The van der Waals surface area contributed by atoms with Gasteiger partial charge in [-0.15, -0.1) is 0 Å². The third-order valence-corrected chi connectivity index (χ3v) is 3.90. The smallest absolute Gasteiger partial charge is 0.261 e. The molecule has 0 amide bonds. The summed E-state index contributed by atoms with van der Waals surface area (Å²) in [6, 6.07) is 7.06. The van der Waals surface area contributed by atoms with Crippen LogP contribution in [0.1, 0.15) is 5.56 Å². The number of rotatable bonds is 3. The Morgan fingerprint density at radius 3 is 2.60 bits per heavy atom. The fourth-order valence-electron chi connectivity index (χ4n) is 2.61. The van der Waals surface area contributed by atoms with Crippen LogP contribution in [-0.4, -0.2) is 29.2 Å². The van der Waals surface area contributed by atoms with E-state index in [1.807, 2.05) is 6.07 Å². The Hall–Kier alpha value is -3.38. The monoisotopic (exact) mass is 355 g/mol. The Bertz CT molecular complexity index is 1140. The van der Waals surface area contributed by atoms with Gasteiger partial charge in [0.25, 0.3) is 5.56 Å². The lowest BCUT2D eigenvalue weighted by molar-refractivity contribution is 0.355. The third-order valence-electron chi connectivity index (χ3n) is 3.70. The van der Waals surface area contributed by atoms with Crippen LogP contribution in [0.2, 0.25) is 0 Å². The van der Waals surface area contributed by atoms with Crippen LogP contribution in [0.3, 0.4) is 0 Å². The first-order valence-corrected chi connectivity index (χ1v) is 7.49. The molecule has 4 N–H and O–H groups in total. The average Bonchev–Trinajstić information content (AvgIpc) is 2.59. The van der Waals surface area contributed by atoms with Crippen molar-refractivity contribution in [2.75, 3.05) is 20.0 Å². The molecule has 126 valence electrons. The predicted octanol–water partition coefficient (Wildman–Crippen LogP) is 2.12. The van der Waals surface area contributed by atoms with E-state index in [0.29, 0.717) is 22.6 Å². The predicted molar refractivity (Wildman–Crippen MR) is 95.2 cm³/mol. The maximum Gasteiger partial charge on any atom is 0.261 e. The van der Waals surface area contributed by atoms with Gasteiger partial charge < -0.3 is 20.2 Å². The van der Waals surface area contributed by atoms with Crippen LogP contribution < -0.4 is 20.8 Å². The minimum absolute atomic E-state index is 0.00367. The van der Waals surface area contributed by atoms with E-state index < -0.39 is 5.56 Å². The lowest BCUT2D eigenvalue weighted by Gasteiger charge is -2.13. The molecule has 0 unspecified atom stereocenters. The number of methoxy groups -OCH3 is 2. The average molecular weight is 355 g/mol. The SMILES string of the molecule is COc1ccc(-c2c(C#N)c(N)nc3[nH]c(=S)[nH]c(=O)c23)cc1OC. The van der Waals surface area contributed by atoms with Gasteiger partial charge in [-0.1, -0.05) is 6.07 Å². The normalized spacial score (nSPS) is 10.4. The molecule has 0 spiro atoms. The maximum absolute atomic E-state index is 12.5. The highest BCUT2D eigenvalue weighted by Gasteiger charge is 2.19. The second-order valence-electron chi connectivity index (χ2n) is 5.06. The second-order valence-corrected chi connectivity index (χ2v) is 5.47. The first-order chi connectivity index (χ1) is 12.0. The number of fused-ring (bicyclic) bond motifs is 1. The molecule has 0 aliphatic heterocycles. The van der Waals surface area contributed by atoms with Crippen molar-refractivity contribution >= 4 is 29.1 Å². The molecular weight excluding hydrogens is 342 g/mol.